The molecule has 34 heavy (non-hydrogen) atoms. The first-order valence-corrected chi connectivity index (χ1v) is 10.8. The lowest BCUT2D eigenvalue weighted by Gasteiger charge is -2.06. The second-order valence-corrected chi connectivity index (χ2v) is 8.16. The van der Waals surface area contributed by atoms with Gasteiger partial charge in [0, 0.05) is 24.2 Å². The molecule has 0 atom stereocenters. The summed E-state index contributed by atoms with van der Waals surface area (Å²) in [5.41, 5.74) is 2.30. The minimum Gasteiger partial charge on any atom is -0.326 e. The second kappa shape index (κ2) is 9.75. The van der Waals surface area contributed by atoms with Crippen LogP contribution in [0, 0.1) is 17.5 Å². The van der Waals surface area contributed by atoms with Crippen LogP contribution in [0.15, 0.2) is 66.7 Å². The standard InChI is InChI=1S/C24H17F3N4O2S/c1-13(32)28-18-9-4-15(5-10-18)22-21(14-2-6-16(25)7-3-14)30-24(34-22)31-23(33)29-20-11-8-17(26)12-19(20)27/h2-12H,1H3,(H,28,32)(H2,29,30,31,33). The van der Waals surface area contributed by atoms with Crippen LogP contribution in [0.4, 0.5) is 34.5 Å². The van der Waals surface area contributed by atoms with Crippen molar-refractivity contribution >= 4 is 39.8 Å². The first-order chi connectivity index (χ1) is 16.3. The molecule has 0 saturated carbocycles. The van der Waals surface area contributed by atoms with Crippen molar-refractivity contribution in [3.8, 4) is 21.7 Å². The Bertz CT molecular complexity index is 1360. The fraction of sp³-hybridized carbons (Fsp3) is 0.0417. The van der Waals surface area contributed by atoms with Crippen molar-refractivity contribution in [3.63, 3.8) is 0 Å². The predicted molar refractivity (Wildman–Crippen MR) is 126 cm³/mol. The monoisotopic (exact) mass is 482 g/mol. The molecule has 0 aliphatic rings. The number of urea groups is 1. The highest BCUT2D eigenvalue weighted by atomic mass is 32.1. The highest BCUT2D eigenvalue weighted by Gasteiger charge is 2.17. The minimum absolute atomic E-state index is 0.192. The number of nitrogens with zero attached hydrogens (tertiary/aromatic N) is 1. The molecule has 3 amide bonds. The number of hydrogen-bond donors (Lipinski definition) is 3. The number of amides is 3. The molecule has 0 saturated heterocycles. The van der Waals surface area contributed by atoms with Gasteiger partial charge in [-0.15, -0.1) is 0 Å². The van der Waals surface area contributed by atoms with Crippen LogP contribution in [0.3, 0.4) is 0 Å². The summed E-state index contributed by atoms with van der Waals surface area (Å²) in [5, 5.41) is 7.75. The number of hydrogen-bond acceptors (Lipinski definition) is 4. The largest absolute Gasteiger partial charge is 0.326 e. The molecular formula is C24H17F3N4O2S. The number of rotatable bonds is 5. The summed E-state index contributed by atoms with van der Waals surface area (Å²) in [6.07, 6.45) is 0. The SMILES string of the molecule is CC(=O)Nc1ccc(-c2sc(NC(=O)Nc3ccc(F)cc3F)nc2-c2ccc(F)cc2)cc1. The molecular weight excluding hydrogens is 465 g/mol. The van der Waals surface area contributed by atoms with E-state index in [1.807, 2.05) is 0 Å². The quantitative estimate of drug-likeness (QED) is 0.304. The molecule has 0 radical (unpaired) electrons. The molecule has 0 spiro atoms. The van der Waals surface area contributed by atoms with Gasteiger partial charge >= 0.3 is 6.03 Å². The topological polar surface area (TPSA) is 83.1 Å². The summed E-state index contributed by atoms with van der Waals surface area (Å²) in [7, 11) is 0. The van der Waals surface area contributed by atoms with Crippen LogP contribution in [0.2, 0.25) is 0 Å². The summed E-state index contributed by atoms with van der Waals surface area (Å²) >= 11 is 1.16. The van der Waals surface area contributed by atoms with E-state index in [9.17, 15) is 22.8 Å². The lowest BCUT2D eigenvalue weighted by molar-refractivity contribution is -0.114. The van der Waals surface area contributed by atoms with Gasteiger partial charge in [0.15, 0.2) is 5.13 Å². The molecule has 1 heterocycles. The molecule has 6 nitrogen and oxygen atoms in total. The van der Waals surface area contributed by atoms with E-state index in [-0.39, 0.29) is 16.7 Å². The Labute approximate surface area is 196 Å². The van der Waals surface area contributed by atoms with E-state index >= 15 is 0 Å². The molecule has 0 bridgehead atoms. The number of benzene rings is 3. The molecule has 4 aromatic rings. The highest BCUT2D eigenvalue weighted by Crippen LogP contribution is 2.39. The maximum atomic E-state index is 13.9. The van der Waals surface area contributed by atoms with Crippen molar-refractivity contribution in [2.24, 2.45) is 0 Å². The molecule has 0 unspecified atom stereocenters. The van der Waals surface area contributed by atoms with Crippen LogP contribution in [0.1, 0.15) is 6.92 Å². The Morgan fingerprint density at radius 3 is 2.09 bits per heavy atom. The van der Waals surface area contributed by atoms with Gasteiger partial charge in [-0.2, -0.15) is 0 Å². The van der Waals surface area contributed by atoms with E-state index in [1.165, 1.54) is 19.1 Å². The molecule has 0 aliphatic heterocycles. The van der Waals surface area contributed by atoms with Crippen LogP contribution < -0.4 is 16.0 Å². The predicted octanol–water partition coefficient (Wildman–Crippen LogP) is 6.50. The average molecular weight is 482 g/mol. The Kier molecular flexibility index (Phi) is 6.60. The van der Waals surface area contributed by atoms with Crippen molar-refractivity contribution in [2.75, 3.05) is 16.0 Å². The van der Waals surface area contributed by atoms with Gasteiger partial charge in [-0.25, -0.2) is 22.9 Å². The van der Waals surface area contributed by atoms with Gasteiger partial charge in [-0.05, 0) is 54.1 Å². The molecule has 172 valence electrons. The molecule has 10 heteroatoms. The maximum Gasteiger partial charge on any atom is 0.325 e. The second-order valence-electron chi connectivity index (χ2n) is 7.17. The van der Waals surface area contributed by atoms with Crippen LogP contribution in [-0.4, -0.2) is 16.9 Å². The van der Waals surface area contributed by atoms with Crippen molar-refractivity contribution in [3.05, 3.63) is 84.2 Å². The van der Waals surface area contributed by atoms with E-state index < -0.39 is 23.5 Å². The van der Waals surface area contributed by atoms with Crippen LogP contribution in [0.5, 0.6) is 0 Å². The van der Waals surface area contributed by atoms with Gasteiger partial charge in [0.2, 0.25) is 5.91 Å². The van der Waals surface area contributed by atoms with Gasteiger partial charge in [-0.3, -0.25) is 10.1 Å². The van der Waals surface area contributed by atoms with Crippen molar-refractivity contribution < 1.29 is 22.8 Å². The number of aromatic nitrogens is 1. The van der Waals surface area contributed by atoms with Crippen LogP contribution >= 0.6 is 11.3 Å². The Balaban J connectivity index is 1.64. The number of carbonyl (C=O) groups is 2. The molecule has 3 aromatic carbocycles. The Morgan fingerprint density at radius 2 is 1.44 bits per heavy atom. The highest BCUT2D eigenvalue weighted by molar-refractivity contribution is 7.19. The van der Waals surface area contributed by atoms with Crippen molar-refractivity contribution in [1.29, 1.82) is 0 Å². The molecule has 4 rings (SSSR count). The summed E-state index contributed by atoms with van der Waals surface area (Å²) in [4.78, 5) is 28.8. The number of halogens is 3. The summed E-state index contributed by atoms with van der Waals surface area (Å²) in [6.45, 7) is 1.41. The van der Waals surface area contributed by atoms with Gasteiger partial charge in [0.25, 0.3) is 0 Å². The molecule has 1 aromatic heterocycles. The van der Waals surface area contributed by atoms with Crippen LogP contribution in [-0.2, 0) is 4.79 Å². The fourth-order valence-corrected chi connectivity index (χ4v) is 4.11. The van der Waals surface area contributed by atoms with Gasteiger partial charge < -0.3 is 10.6 Å². The fourth-order valence-electron chi connectivity index (χ4n) is 3.12. The van der Waals surface area contributed by atoms with Crippen molar-refractivity contribution in [1.82, 2.24) is 4.98 Å². The van der Waals surface area contributed by atoms with E-state index in [0.29, 0.717) is 27.9 Å². The van der Waals surface area contributed by atoms with E-state index in [0.717, 1.165) is 29.0 Å². The smallest absolute Gasteiger partial charge is 0.325 e. The first-order valence-electron chi connectivity index (χ1n) is 9.96. The Morgan fingerprint density at radius 1 is 0.794 bits per heavy atom. The third kappa shape index (κ3) is 5.41. The number of anilines is 3. The lowest BCUT2D eigenvalue weighted by Crippen LogP contribution is -2.20. The molecule has 0 fully saturated rings. The van der Waals surface area contributed by atoms with Gasteiger partial charge in [0.1, 0.15) is 17.5 Å². The summed E-state index contributed by atoms with van der Waals surface area (Å²) in [5.74, 6) is -2.28. The summed E-state index contributed by atoms with van der Waals surface area (Å²) < 4.78 is 40.4. The van der Waals surface area contributed by atoms with Crippen LogP contribution in [0.25, 0.3) is 21.7 Å². The zero-order valence-corrected chi connectivity index (χ0v) is 18.5. The number of nitrogens with one attached hydrogen (secondary N) is 3. The van der Waals surface area contributed by atoms with Crippen molar-refractivity contribution in [2.45, 2.75) is 6.92 Å². The zero-order valence-electron chi connectivity index (χ0n) is 17.7. The third-order valence-corrected chi connectivity index (χ3v) is 5.63. The minimum atomic E-state index is -0.916. The number of carbonyl (C=O) groups excluding carboxylic acids is 2. The molecule has 0 aliphatic carbocycles. The summed E-state index contributed by atoms with van der Waals surface area (Å²) in [6, 6.07) is 14.8. The van der Waals surface area contributed by atoms with Gasteiger partial charge in [-0.1, -0.05) is 23.5 Å². The normalized spacial score (nSPS) is 10.6. The zero-order chi connectivity index (χ0) is 24.2. The van der Waals surface area contributed by atoms with Gasteiger partial charge in [0.05, 0.1) is 16.3 Å². The number of thiazole rings is 1. The van der Waals surface area contributed by atoms with E-state index in [2.05, 4.69) is 20.9 Å². The maximum absolute atomic E-state index is 13.9. The third-order valence-electron chi connectivity index (χ3n) is 4.61. The lowest BCUT2D eigenvalue weighted by atomic mass is 10.1. The Hall–Kier alpha value is -4.18. The molecule has 3 N–H and O–H groups in total. The van der Waals surface area contributed by atoms with E-state index in [1.54, 1.807) is 36.4 Å². The van der Waals surface area contributed by atoms with E-state index in [4.69, 9.17) is 0 Å². The average Bonchev–Trinajstić information content (AvgIpc) is 3.20. The first kappa shape index (κ1) is 23.0.